The van der Waals surface area contributed by atoms with Crippen molar-refractivity contribution in [2.75, 3.05) is 12.3 Å². The van der Waals surface area contributed by atoms with Crippen molar-refractivity contribution in [3.63, 3.8) is 0 Å². The Morgan fingerprint density at radius 2 is 1.52 bits per heavy atom. The van der Waals surface area contributed by atoms with Crippen LogP contribution in [0, 0.1) is 5.92 Å². The zero-order valence-electron chi connectivity index (χ0n) is 18.5. The van der Waals surface area contributed by atoms with Gasteiger partial charge in [-0.25, -0.2) is 4.79 Å². The maximum Gasteiger partial charge on any atom is 0.326 e. The number of carbonyl (C=O) groups excluding carboxylic acids is 3. The first kappa shape index (κ1) is 29.9. The molecule has 0 aromatic rings. The van der Waals surface area contributed by atoms with E-state index in [0.29, 0.717) is 6.42 Å². The molecule has 0 fully saturated rings. The molecule has 188 valence electrons. The Balaban J connectivity index is 5.47. The monoisotopic (exact) mass is 491 g/mol. The summed E-state index contributed by atoms with van der Waals surface area (Å²) in [7, 11) is 0. The van der Waals surface area contributed by atoms with Crippen molar-refractivity contribution in [3.05, 3.63) is 0 Å². The molecule has 0 aromatic heterocycles. The van der Waals surface area contributed by atoms with Crippen molar-refractivity contribution in [2.24, 2.45) is 28.1 Å². The molecule has 0 saturated heterocycles. The number of nitrogens with zero attached hydrogens (tertiary/aromatic N) is 1. The van der Waals surface area contributed by atoms with Gasteiger partial charge in [0.05, 0.1) is 12.5 Å². The Morgan fingerprint density at radius 1 is 0.939 bits per heavy atom. The lowest BCUT2D eigenvalue weighted by Gasteiger charge is -2.26. The summed E-state index contributed by atoms with van der Waals surface area (Å²) < 4.78 is 0. The van der Waals surface area contributed by atoms with Gasteiger partial charge in [-0.2, -0.15) is 12.6 Å². The number of amides is 3. The predicted molar refractivity (Wildman–Crippen MR) is 122 cm³/mol. The maximum absolute atomic E-state index is 12.9. The lowest BCUT2D eigenvalue weighted by Crippen LogP contribution is -2.58. The number of aliphatic imine (C=N–C) groups is 1. The van der Waals surface area contributed by atoms with Crippen LogP contribution in [0.1, 0.15) is 33.1 Å². The molecule has 0 radical (unpaired) electrons. The van der Waals surface area contributed by atoms with Crippen molar-refractivity contribution in [1.29, 1.82) is 0 Å². The number of carbonyl (C=O) groups is 5. The first-order valence-corrected chi connectivity index (χ1v) is 10.7. The minimum absolute atomic E-state index is 0.0331. The highest BCUT2D eigenvalue weighted by Gasteiger charge is 2.32. The second-order valence-electron chi connectivity index (χ2n) is 7.53. The molecule has 11 N–H and O–H groups in total. The molecule has 0 aliphatic heterocycles. The lowest BCUT2D eigenvalue weighted by molar-refractivity contribution is -0.147. The molecule has 33 heavy (non-hydrogen) atoms. The summed E-state index contributed by atoms with van der Waals surface area (Å²) in [6.07, 6.45) is -0.424. The molecular weight excluding hydrogens is 458 g/mol. The SMILES string of the molecule is CC(C)C(NC(=O)C(CCCN=C(N)N)NC(=O)C(N)CS)C(=O)NC(CC(=O)O)C(=O)O. The molecule has 0 aromatic carbocycles. The minimum atomic E-state index is -1.68. The summed E-state index contributed by atoms with van der Waals surface area (Å²) in [5, 5.41) is 25.0. The highest BCUT2D eigenvalue weighted by atomic mass is 32.1. The Bertz CT molecular complexity index is 744. The van der Waals surface area contributed by atoms with Crippen molar-refractivity contribution in [2.45, 2.75) is 57.3 Å². The molecule has 0 heterocycles. The summed E-state index contributed by atoms with van der Waals surface area (Å²) >= 11 is 3.94. The van der Waals surface area contributed by atoms with Gasteiger partial charge in [-0.1, -0.05) is 13.8 Å². The van der Waals surface area contributed by atoms with E-state index in [4.69, 9.17) is 27.4 Å². The van der Waals surface area contributed by atoms with E-state index >= 15 is 0 Å². The molecule has 0 saturated carbocycles. The Kier molecular flexibility index (Phi) is 13.5. The number of guanidine groups is 1. The van der Waals surface area contributed by atoms with E-state index in [9.17, 15) is 24.0 Å². The third-order valence-electron chi connectivity index (χ3n) is 4.35. The summed E-state index contributed by atoms with van der Waals surface area (Å²) in [4.78, 5) is 63.5. The molecule has 4 atom stereocenters. The molecule has 15 heteroatoms. The number of hydrogen-bond acceptors (Lipinski definition) is 8. The van der Waals surface area contributed by atoms with Gasteiger partial charge in [-0.3, -0.25) is 24.2 Å². The van der Waals surface area contributed by atoms with Gasteiger partial charge in [-0.15, -0.1) is 0 Å². The zero-order valence-corrected chi connectivity index (χ0v) is 19.4. The highest BCUT2D eigenvalue weighted by molar-refractivity contribution is 7.80. The maximum atomic E-state index is 12.9. The number of carboxylic acid groups (broad SMARTS) is 2. The van der Waals surface area contributed by atoms with Gasteiger partial charge in [0.2, 0.25) is 17.7 Å². The fraction of sp³-hybridized carbons (Fsp3) is 0.667. The largest absolute Gasteiger partial charge is 0.481 e. The summed E-state index contributed by atoms with van der Waals surface area (Å²) in [6, 6.07) is -4.96. The smallest absolute Gasteiger partial charge is 0.326 e. The van der Waals surface area contributed by atoms with E-state index in [-0.39, 0.29) is 24.7 Å². The van der Waals surface area contributed by atoms with Gasteiger partial charge >= 0.3 is 11.9 Å². The van der Waals surface area contributed by atoms with Crippen molar-refractivity contribution in [3.8, 4) is 0 Å². The van der Waals surface area contributed by atoms with Crippen LogP contribution in [0.15, 0.2) is 4.99 Å². The number of hydrogen-bond donors (Lipinski definition) is 9. The standard InChI is InChI=1S/C18H33N7O7S/c1-8(2)13(16(30)24-11(17(31)32)6-12(26)27)25-15(29)10(4-3-5-22-18(20)21)23-14(28)9(19)7-33/h8-11,13,33H,3-7,19H2,1-2H3,(H,23,28)(H,24,30)(H,25,29)(H,26,27)(H,31,32)(H4,20,21,22). The molecule has 0 aliphatic rings. The third-order valence-corrected chi connectivity index (χ3v) is 4.75. The number of rotatable bonds is 15. The molecular formula is C18H33N7O7S. The molecule has 14 nitrogen and oxygen atoms in total. The van der Waals surface area contributed by atoms with Gasteiger partial charge < -0.3 is 43.4 Å². The second-order valence-corrected chi connectivity index (χ2v) is 7.89. The van der Waals surface area contributed by atoms with E-state index in [1.807, 2.05) is 0 Å². The van der Waals surface area contributed by atoms with E-state index in [1.54, 1.807) is 13.8 Å². The van der Waals surface area contributed by atoms with Gasteiger partial charge in [0.25, 0.3) is 0 Å². The topological polar surface area (TPSA) is 252 Å². The number of nitrogens with two attached hydrogens (primary N) is 3. The van der Waals surface area contributed by atoms with E-state index < -0.39 is 66.2 Å². The second kappa shape index (κ2) is 14.9. The molecule has 0 bridgehead atoms. The number of thiol groups is 1. The van der Waals surface area contributed by atoms with Gasteiger partial charge in [0, 0.05) is 12.3 Å². The van der Waals surface area contributed by atoms with Crippen LogP contribution in [-0.4, -0.2) is 82.3 Å². The average molecular weight is 492 g/mol. The first-order chi connectivity index (χ1) is 15.3. The summed E-state index contributed by atoms with van der Waals surface area (Å²) in [5.74, 6) is -5.80. The van der Waals surface area contributed by atoms with Gasteiger partial charge in [0.1, 0.15) is 18.1 Å². The number of carboxylic acids is 2. The van der Waals surface area contributed by atoms with Crippen molar-refractivity contribution in [1.82, 2.24) is 16.0 Å². The Labute approximate surface area is 196 Å². The fourth-order valence-corrected chi connectivity index (χ4v) is 2.72. The molecule has 0 rings (SSSR count). The van der Waals surface area contributed by atoms with E-state index in [2.05, 4.69) is 33.6 Å². The molecule has 3 amide bonds. The van der Waals surface area contributed by atoms with Crippen molar-refractivity contribution < 1.29 is 34.2 Å². The Hall–Kier alpha value is -3.07. The first-order valence-electron chi connectivity index (χ1n) is 10.1. The fourth-order valence-electron chi connectivity index (χ4n) is 2.56. The number of nitrogens with one attached hydrogen (secondary N) is 3. The van der Waals surface area contributed by atoms with E-state index in [1.165, 1.54) is 0 Å². The summed E-state index contributed by atoms with van der Waals surface area (Å²) in [5.41, 5.74) is 16.2. The Morgan fingerprint density at radius 3 is 1.97 bits per heavy atom. The van der Waals surface area contributed by atoms with Crippen LogP contribution in [0.25, 0.3) is 0 Å². The third kappa shape index (κ3) is 11.9. The lowest BCUT2D eigenvalue weighted by atomic mass is 10.0. The van der Waals surface area contributed by atoms with Gasteiger partial charge in [0.15, 0.2) is 5.96 Å². The average Bonchev–Trinajstić information content (AvgIpc) is 2.71. The molecule has 0 aliphatic carbocycles. The molecule has 4 unspecified atom stereocenters. The van der Waals surface area contributed by atoms with Gasteiger partial charge in [-0.05, 0) is 18.8 Å². The van der Waals surface area contributed by atoms with Crippen LogP contribution in [0.2, 0.25) is 0 Å². The summed E-state index contributed by atoms with van der Waals surface area (Å²) in [6.45, 7) is 3.38. The zero-order chi connectivity index (χ0) is 25.7. The highest BCUT2D eigenvalue weighted by Crippen LogP contribution is 2.07. The predicted octanol–water partition coefficient (Wildman–Crippen LogP) is -3.03. The quantitative estimate of drug-likeness (QED) is 0.0484. The van der Waals surface area contributed by atoms with Crippen LogP contribution in [-0.2, 0) is 24.0 Å². The normalized spacial score (nSPS) is 14.3. The van der Waals surface area contributed by atoms with Crippen LogP contribution in [0.3, 0.4) is 0 Å². The number of aliphatic carboxylic acids is 2. The van der Waals surface area contributed by atoms with Crippen LogP contribution >= 0.6 is 12.6 Å². The van der Waals surface area contributed by atoms with Crippen LogP contribution < -0.4 is 33.2 Å². The minimum Gasteiger partial charge on any atom is -0.481 e. The van der Waals surface area contributed by atoms with Crippen LogP contribution in [0.5, 0.6) is 0 Å². The van der Waals surface area contributed by atoms with E-state index in [0.717, 1.165) is 0 Å². The molecule has 0 spiro atoms. The van der Waals surface area contributed by atoms with Crippen molar-refractivity contribution >= 4 is 48.2 Å². The van der Waals surface area contributed by atoms with Crippen LogP contribution in [0.4, 0.5) is 0 Å².